The van der Waals surface area contributed by atoms with Gasteiger partial charge in [0.1, 0.15) is 0 Å². The molecule has 4 amide bonds. The van der Waals surface area contributed by atoms with Gasteiger partial charge in [-0.2, -0.15) is 0 Å². The number of rotatable bonds is 7. The van der Waals surface area contributed by atoms with E-state index >= 15 is 0 Å². The molecule has 2 aliphatic heterocycles. The van der Waals surface area contributed by atoms with Gasteiger partial charge in [-0.3, -0.25) is 24.1 Å². The van der Waals surface area contributed by atoms with E-state index in [2.05, 4.69) is 10.6 Å². The second-order valence-corrected chi connectivity index (χ2v) is 8.78. The minimum Gasteiger partial charge on any atom is -0.376 e. The highest BCUT2D eigenvalue weighted by molar-refractivity contribution is 6.22. The molecule has 1 unspecified atom stereocenters. The summed E-state index contributed by atoms with van der Waals surface area (Å²) < 4.78 is 5.57. The smallest absolute Gasteiger partial charge is 0.261 e. The van der Waals surface area contributed by atoms with Crippen molar-refractivity contribution in [1.29, 1.82) is 0 Å². The van der Waals surface area contributed by atoms with Gasteiger partial charge >= 0.3 is 0 Å². The number of para-hydroxylation sites is 1. The predicted molar refractivity (Wildman–Crippen MR) is 133 cm³/mol. The van der Waals surface area contributed by atoms with Gasteiger partial charge in [0.25, 0.3) is 23.6 Å². The lowest BCUT2D eigenvalue weighted by atomic mass is 10.0. The number of benzene rings is 3. The number of hydrogen-bond acceptors (Lipinski definition) is 5. The highest BCUT2D eigenvalue weighted by atomic mass is 16.5. The van der Waals surface area contributed by atoms with E-state index in [9.17, 15) is 19.2 Å². The van der Waals surface area contributed by atoms with Gasteiger partial charge in [0, 0.05) is 18.7 Å². The molecule has 0 saturated carbocycles. The van der Waals surface area contributed by atoms with Gasteiger partial charge in [-0.15, -0.1) is 0 Å². The van der Waals surface area contributed by atoms with E-state index in [0.717, 1.165) is 18.4 Å². The van der Waals surface area contributed by atoms with Crippen molar-refractivity contribution in [2.75, 3.05) is 18.5 Å². The number of nitrogens with zero attached hydrogens (tertiary/aromatic N) is 1. The zero-order valence-corrected chi connectivity index (χ0v) is 19.5. The van der Waals surface area contributed by atoms with Crippen LogP contribution in [0.4, 0.5) is 5.69 Å². The molecular formula is C28H25N3O5. The van der Waals surface area contributed by atoms with Crippen molar-refractivity contribution in [2.45, 2.75) is 25.5 Å². The molecule has 0 spiro atoms. The van der Waals surface area contributed by atoms with Crippen LogP contribution in [0.1, 0.15) is 59.8 Å². The zero-order chi connectivity index (χ0) is 25.1. The second kappa shape index (κ2) is 10.1. The summed E-state index contributed by atoms with van der Waals surface area (Å²) >= 11 is 0. The topological polar surface area (TPSA) is 105 Å². The van der Waals surface area contributed by atoms with Crippen LogP contribution in [0.5, 0.6) is 0 Å². The lowest BCUT2D eigenvalue weighted by Crippen LogP contribution is -2.36. The molecule has 0 bridgehead atoms. The molecule has 182 valence electrons. The second-order valence-electron chi connectivity index (χ2n) is 8.78. The summed E-state index contributed by atoms with van der Waals surface area (Å²) in [6.07, 6.45) is 1.56. The molecule has 36 heavy (non-hydrogen) atoms. The SMILES string of the molecule is O=C(Nc1ccccc1C(=O)NCc1ccccc1)c1ccc2c(c1)C(=O)N(CC1CCCO1)C2=O. The Morgan fingerprint density at radius 3 is 2.42 bits per heavy atom. The highest BCUT2D eigenvalue weighted by Gasteiger charge is 2.38. The van der Waals surface area contributed by atoms with E-state index in [1.54, 1.807) is 24.3 Å². The van der Waals surface area contributed by atoms with Crippen LogP contribution in [0.25, 0.3) is 0 Å². The fraction of sp³-hybridized carbons (Fsp3) is 0.214. The Morgan fingerprint density at radius 2 is 1.64 bits per heavy atom. The molecule has 8 nitrogen and oxygen atoms in total. The molecule has 2 aliphatic rings. The van der Waals surface area contributed by atoms with Gasteiger partial charge in [0.2, 0.25) is 0 Å². The van der Waals surface area contributed by atoms with Gasteiger partial charge in [-0.05, 0) is 48.7 Å². The van der Waals surface area contributed by atoms with Crippen LogP contribution in [0.15, 0.2) is 72.8 Å². The van der Waals surface area contributed by atoms with Crippen molar-refractivity contribution in [2.24, 2.45) is 0 Å². The van der Waals surface area contributed by atoms with Crippen LogP contribution in [-0.2, 0) is 11.3 Å². The molecule has 8 heteroatoms. The number of carbonyl (C=O) groups is 4. The van der Waals surface area contributed by atoms with Crippen LogP contribution in [-0.4, -0.2) is 47.8 Å². The predicted octanol–water partition coefficient (Wildman–Crippen LogP) is 3.64. The van der Waals surface area contributed by atoms with Crippen LogP contribution in [0.3, 0.4) is 0 Å². The standard InChI is InChI=1S/C28H25N3O5/c32-25(30-24-11-5-4-10-22(24)26(33)29-16-18-7-2-1-3-8-18)19-12-13-21-23(15-19)28(35)31(27(21)34)17-20-9-6-14-36-20/h1-5,7-8,10-13,15,20H,6,9,14,16-17H2,(H,29,33)(H,30,32). The van der Waals surface area contributed by atoms with E-state index < -0.39 is 11.8 Å². The molecule has 0 aromatic heterocycles. The summed E-state index contributed by atoms with van der Waals surface area (Å²) in [5.74, 6) is -1.62. The van der Waals surface area contributed by atoms with Crippen LogP contribution in [0.2, 0.25) is 0 Å². The van der Waals surface area contributed by atoms with Crippen molar-refractivity contribution in [1.82, 2.24) is 10.2 Å². The number of fused-ring (bicyclic) bond motifs is 1. The van der Waals surface area contributed by atoms with Crippen LogP contribution < -0.4 is 10.6 Å². The Morgan fingerprint density at radius 1 is 0.889 bits per heavy atom. The number of ether oxygens (including phenoxy) is 1. The van der Waals surface area contributed by atoms with Crippen LogP contribution >= 0.6 is 0 Å². The van der Waals surface area contributed by atoms with Crippen molar-refractivity contribution in [3.05, 3.63) is 101 Å². The molecular weight excluding hydrogens is 458 g/mol. The van der Waals surface area contributed by atoms with Gasteiger partial charge in [0.05, 0.1) is 35.0 Å². The third kappa shape index (κ3) is 4.76. The fourth-order valence-electron chi connectivity index (χ4n) is 4.45. The number of nitrogens with one attached hydrogen (secondary N) is 2. The summed E-state index contributed by atoms with van der Waals surface area (Å²) in [5.41, 5.74) is 2.30. The number of amides is 4. The summed E-state index contributed by atoms with van der Waals surface area (Å²) in [6.45, 7) is 1.19. The van der Waals surface area contributed by atoms with E-state index in [1.807, 2.05) is 30.3 Å². The van der Waals surface area contributed by atoms with E-state index in [0.29, 0.717) is 24.4 Å². The first-order valence-electron chi connectivity index (χ1n) is 11.9. The Balaban J connectivity index is 1.29. The summed E-state index contributed by atoms with van der Waals surface area (Å²) in [5, 5.41) is 5.62. The molecule has 3 aromatic carbocycles. The Hall–Kier alpha value is -4.30. The summed E-state index contributed by atoms with van der Waals surface area (Å²) in [6, 6.07) is 20.7. The Kier molecular flexibility index (Phi) is 6.60. The fourth-order valence-corrected chi connectivity index (χ4v) is 4.45. The maximum absolute atomic E-state index is 13.0. The summed E-state index contributed by atoms with van der Waals surface area (Å²) in [4.78, 5) is 52.7. The van der Waals surface area contributed by atoms with Gasteiger partial charge in [0.15, 0.2) is 0 Å². The Labute approximate surface area is 208 Å². The number of imide groups is 1. The average molecular weight is 484 g/mol. The first kappa shape index (κ1) is 23.4. The van der Waals surface area contributed by atoms with Crippen molar-refractivity contribution < 1.29 is 23.9 Å². The maximum Gasteiger partial charge on any atom is 0.261 e. The Bertz CT molecular complexity index is 1330. The molecule has 2 N–H and O–H groups in total. The number of carbonyl (C=O) groups excluding carboxylic acids is 4. The third-order valence-corrected chi connectivity index (χ3v) is 6.36. The van der Waals surface area contributed by atoms with Gasteiger partial charge in [-0.1, -0.05) is 42.5 Å². The zero-order valence-electron chi connectivity index (χ0n) is 19.5. The molecule has 0 radical (unpaired) electrons. The van der Waals surface area contributed by atoms with Gasteiger partial charge < -0.3 is 15.4 Å². The molecule has 0 aliphatic carbocycles. The average Bonchev–Trinajstić information content (AvgIpc) is 3.51. The summed E-state index contributed by atoms with van der Waals surface area (Å²) in [7, 11) is 0. The largest absolute Gasteiger partial charge is 0.376 e. The lowest BCUT2D eigenvalue weighted by Gasteiger charge is -2.17. The normalized spacial score (nSPS) is 16.7. The minimum atomic E-state index is -0.487. The van der Waals surface area contributed by atoms with Crippen molar-refractivity contribution in [3.63, 3.8) is 0 Å². The van der Waals surface area contributed by atoms with E-state index in [4.69, 9.17) is 4.74 Å². The van der Waals surface area contributed by atoms with Gasteiger partial charge in [-0.25, -0.2) is 0 Å². The monoisotopic (exact) mass is 483 g/mol. The van der Waals surface area contributed by atoms with E-state index in [-0.39, 0.29) is 41.2 Å². The maximum atomic E-state index is 13.0. The molecule has 1 saturated heterocycles. The third-order valence-electron chi connectivity index (χ3n) is 6.36. The van der Waals surface area contributed by atoms with E-state index in [1.165, 1.54) is 23.1 Å². The first-order chi connectivity index (χ1) is 17.5. The molecule has 5 rings (SSSR count). The van der Waals surface area contributed by atoms with Crippen molar-refractivity contribution in [3.8, 4) is 0 Å². The minimum absolute atomic E-state index is 0.153. The molecule has 1 atom stereocenters. The number of anilines is 1. The number of hydrogen-bond donors (Lipinski definition) is 2. The molecule has 3 aromatic rings. The van der Waals surface area contributed by atoms with Crippen LogP contribution in [0, 0.1) is 0 Å². The quantitative estimate of drug-likeness (QED) is 0.499. The first-order valence-corrected chi connectivity index (χ1v) is 11.9. The lowest BCUT2D eigenvalue weighted by molar-refractivity contribution is 0.0475. The van der Waals surface area contributed by atoms with Crippen molar-refractivity contribution >= 4 is 29.3 Å². The molecule has 1 fully saturated rings. The highest BCUT2D eigenvalue weighted by Crippen LogP contribution is 2.27. The molecule has 2 heterocycles.